The molecule has 1 unspecified atom stereocenters. The van der Waals surface area contributed by atoms with E-state index in [1.54, 1.807) is 0 Å². The number of hydrogen-bond donors (Lipinski definition) is 3. The van der Waals surface area contributed by atoms with Gasteiger partial charge in [-0.15, -0.1) is 0 Å². The summed E-state index contributed by atoms with van der Waals surface area (Å²) in [5, 5.41) is 9.71. The average molecular weight is 206 g/mol. The highest BCUT2D eigenvalue weighted by Gasteiger charge is 2.34. The normalized spacial score (nSPS) is 23.9. The molecule has 4 heteroatoms. The van der Waals surface area contributed by atoms with E-state index < -0.39 is 17.9 Å². The number of amides is 1. The molecular weight excluding hydrogens is 192 g/mol. The Kier molecular flexibility index (Phi) is 2.46. The number of carbonyl (C=O) groups is 1. The third-order valence-electron chi connectivity index (χ3n) is 2.90. The second kappa shape index (κ2) is 3.64. The molecule has 1 aliphatic carbocycles. The molecule has 0 saturated heterocycles. The molecule has 0 aromatic heterocycles. The molecule has 1 aliphatic rings. The van der Waals surface area contributed by atoms with Crippen LogP contribution in [0.1, 0.15) is 22.6 Å². The third kappa shape index (κ3) is 1.62. The van der Waals surface area contributed by atoms with E-state index in [0.29, 0.717) is 13.0 Å². The minimum Gasteiger partial charge on any atom is -0.392 e. The fourth-order valence-corrected chi connectivity index (χ4v) is 2.14. The molecule has 2 rings (SSSR count). The number of aliphatic hydroxyl groups excluding tert-OH is 1. The van der Waals surface area contributed by atoms with Gasteiger partial charge in [0.2, 0.25) is 5.91 Å². The van der Waals surface area contributed by atoms with E-state index in [1.165, 1.54) is 0 Å². The molecule has 4 nitrogen and oxygen atoms in total. The summed E-state index contributed by atoms with van der Waals surface area (Å²) in [6.45, 7) is 0.425. The predicted molar refractivity (Wildman–Crippen MR) is 56.0 cm³/mol. The summed E-state index contributed by atoms with van der Waals surface area (Å²) >= 11 is 0. The van der Waals surface area contributed by atoms with Crippen LogP contribution in [0.5, 0.6) is 0 Å². The summed E-state index contributed by atoms with van der Waals surface area (Å²) < 4.78 is 0. The number of primary amides is 1. The lowest BCUT2D eigenvalue weighted by Crippen LogP contribution is -2.28. The Morgan fingerprint density at radius 1 is 1.53 bits per heavy atom. The summed E-state index contributed by atoms with van der Waals surface area (Å²) in [7, 11) is 0. The Balaban J connectivity index is 2.46. The van der Waals surface area contributed by atoms with Crippen molar-refractivity contribution in [3.8, 4) is 0 Å². The number of rotatable bonds is 2. The smallest absolute Gasteiger partial charge is 0.227 e. The van der Waals surface area contributed by atoms with E-state index in [1.807, 2.05) is 18.2 Å². The molecular formula is C11H14N2O2. The van der Waals surface area contributed by atoms with Crippen molar-refractivity contribution in [1.29, 1.82) is 0 Å². The van der Waals surface area contributed by atoms with E-state index in [0.717, 1.165) is 16.7 Å². The third-order valence-corrected chi connectivity index (χ3v) is 2.90. The molecule has 0 bridgehead atoms. The lowest BCUT2D eigenvalue weighted by molar-refractivity contribution is -0.121. The molecule has 0 fully saturated rings. The van der Waals surface area contributed by atoms with Gasteiger partial charge in [-0.1, -0.05) is 18.2 Å². The van der Waals surface area contributed by atoms with Crippen LogP contribution in [-0.2, 0) is 17.8 Å². The zero-order valence-corrected chi connectivity index (χ0v) is 8.31. The van der Waals surface area contributed by atoms with Gasteiger partial charge in [-0.2, -0.15) is 0 Å². The zero-order chi connectivity index (χ0) is 11.0. The SMILES string of the molecule is NCc1ccc2c(c1)C(C(N)=O)[C@H](O)C2. The van der Waals surface area contributed by atoms with Crippen LogP contribution in [0.15, 0.2) is 18.2 Å². The minimum atomic E-state index is -0.689. The van der Waals surface area contributed by atoms with Crippen molar-refractivity contribution in [2.45, 2.75) is 25.0 Å². The molecule has 5 N–H and O–H groups in total. The Bertz CT molecular complexity index is 404. The van der Waals surface area contributed by atoms with Crippen molar-refractivity contribution >= 4 is 5.91 Å². The molecule has 1 aromatic rings. The van der Waals surface area contributed by atoms with Crippen LogP contribution in [0, 0.1) is 0 Å². The van der Waals surface area contributed by atoms with Gasteiger partial charge in [-0.05, 0) is 23.1 Å². The zero-order valence-electron chi connectivity index (χ0n) is 8.31. The first-order valence-corrected chi connectivity index (χ1v) is 4.92. The van der Waals surface area contributed by atoms with E-state index >= 15 is 0 Å². The molecule has 2 atom stereocenters. The lowest BCUT2D eigenvalue weighted by Gasteiger charge is -2.11. The number of hydrogen-bond acceptors (Lipinski definition) is 3. The van der Waals surface area contributed by atoms with Gasteiger partial charge in [0.15, 0.2) is 0 Å². The Labute approximate surface area is 87.9 Å². The highest BCUT2D eigenvalue weighted by Crippen LogP contribution is 2.33. The highest BCUT2D eigenvalue weighted by molar-refractivity contribution is 5.84. The van der Waals surface area contributed by atoms with Crippen LogP contribution < -0.4 is 11.5 Å². The van der Waals surface area contributed by atoms with Crippen LogP contribution in [-0.4, -0.2) is 17.1 Å². The molecule has 0 aliphatic heterocycles. The fraction of sp³-hybridized carbons (Fsp3) is 0.364. The Morgan fingerprint density at radius 3 is 2.87 bits per heavy atom. The van der Waals surface area contributed by atoms with Gasteiger partial charge in [0.05, 0.1) is 12.0 Å². The van der Waals surface area contributed by atoms with E-state index in [-0.39, 0.29) is 0 Å². The first-order valence-electron chi connectivity index (χ1n) is 4.92. The first-order chi connectivity index (χ1) is 7.13. The van der Waals surface area contributed by atoms with Crippen molar-refractivity contribution in [3.63, 3.8) is 0 Å². The van der Waals surface area contributed by atoms with Gasteiger partial charge in [-0.25, -0.2) is 0 Å². The van der Waals surface area contributed by atoms with Gasteiger partial charge >= 0.3 is 0 Å². The first kappa shape index (κ1) is 10.1. The largest absolute Gasteiger partial charge is 0.392 e. The molecule has 0 heterocycles. The summed E-state index contributed by atoms with van der Waals surface area (Å²) in [6, 6.07) is 5.68. The second-order valence-corrected chi connectivity index (χ2v) is 3.89. The number of nitrogens with two attached hydrogens (primary N) is 2. The van der Waals surface area contributed by atoms with E-state index in [4.69, 9.17) is 11.5 Å². The van der Waals surface area contributed by atoms with Crippen LogP contribution in [0.3, 0.4) is 0 Å². The maximum Gasteiger partial charge on any atom is 0.227 e. The number of fused-ring (bicyclic) bond motifs is 1. The summed E-state index contributed by atoms with van der Waals surface area (Å²) in [5.41, 5.74) is 13.6. The molecule has 1 amide bonds. The Hall–Kier alpha value is -1.39. The second-order valence-electron chi connectivity index (χ2n) is 3.89. The van der Waals surface area contributed by atoms with E-state index in [2.05, 4.69) is 0 Å². The summed E-state index contributed by atoms with van der Waals surface area (Å²) in [5.74, 6) is -1.05. The number of benzene rings is 1. The van der Waals surface area contributed by atoms with Gasteiger partial charge in [0.25, 0.3) is 0 Å². The Morgan fingerprint density at radius 2 is 2.27 bits per heavy atom. The number of carbonyl (C=O) groups excluding carboxylic acids is 1. The fourth-order valence-electron chi connectivity index (χ4n) is 2.14. The van der Waals surface area contributed by atoms with Crippen molar-refractivity contribution in [2.75, 3.05) is 0 Å². The number of aliphatic hydroxyl groups is 1. The van der Waals surface area contributed by atoms with Gasteiger partial charge in [0.1, 0.15) is 0 Å². The lowest BCUT2D eigenvalue weighted by atomic mass is 9.97. The standard InChI is InChI=1S/C11H14N2O2/c12-5-6-1-2-7-4-9(14)10(11(13)15)8(7)3-6/h1-3,9-10,14H,4-5,12H2,(H2,13,15)/t9-,10?/m1/s1. The van der Waals surface area contributed by atoms with Crippen LogP contribution in [0.2, 0.25) is 0 Å². The maximum atomic E-state index is 11.2. The molecule has 1 aromatic carbocycles. The quantitative estimate of drug-likeness (QED) is 0.616. The van der Waals surface area contributed by atoms with Gasteiger partial charge in [-0.3, -0.25) is 4.79 Å². The summed E-state index contributed by atoms with van der Waals surface area (Å²) in [4.78, 5) is 11.2. The molecule has 0 spiro atoms. The topological polar surface area (TPSA) is 89.3 Å². The molecule has 0 saturated carbocycles. The predicted octanol–water partition coefficient (Wildman–Crippen LogP) is -0.369. The van der Waals surface area contributed by atoms with Crippen molar-refractivity contribution in [3.05, 3.63) is 34.9 Å². The average Bonchev–Trinajstić information content (AvgIpc) is 2.52. The minimum absolute atomic E-state index is 0.425. The highest BCUT2D eigenvalue weighted by atomic mass is 16.3. The van der Waals surface area contributed by atoms with Crippen molar-refractivity contribution in [2.24, 2.45) is 11.5 Å². The van der Waals surface area contributed by atoms with Crippen LogP contribution in [0.25, 0.3) is 0 Å². The summed E-state index contributed by atoms with van der Waals surface area (Å²) in [6.07, 6.45) is -0.195. The van der Waals surface area contributed by atoms with E-state index in [9.17, 15) is 9.90 Å². The maximum absolute atomic E-state index is 11.2. The molecule has 0 radical (unpaired) electrons. The molecule has 80 valence electrons. The monoisotopic (exact) mass is 206 g/mol. The molecule has 15 heavy (non-hydrogen) atoms. The van der Waals surface area contributed by atoms with Crippen LogP contribution in [0.4, 0.5) is 0 Å². The van der Waals surface area contributed by atoms with Crippen LogP contribution >= 0.6 is 0 Å². The van der Waals surface area contributed by atoms with Gasteiger partial charge < -0.3 is 16.6 Å². The van der Waals surface area contributed by atoms with Crippen molar-refractivity contribution < 1.29 is 9.90 Å². The van der Waals surface area contributed by atoms with Crippen molar-refractivity contribution in [1.82, 2.24) is 0 Å². The van der Waals surface area contributed by atoms with Gasteiger partial charge in [0, 0.05) is 6.54 Å².